The van der Waals surface area contributed by atoms with Gasteiger partial charge in [0.25, 0.3) is 0 Å². The molecule has 30 heavy (non-hydrogen) atoms. The van der Waals surface area contributed by atoms with Gasteiger partial charge in [0, 0.05) is 24.4 Å². The number of aromatic nitrogens is 4. The van der Waals surface area contributed by atoms with Crippen LogP contribution in [0, 0.1) is 12.8 Å². The molecule has 0 aliphatic rings. The van der Waals surface area contributed by atoms with Crippen molar-refractivity contribution in [1.82, 2.24) is 20.0 Å². The van der Waals surface area contributed by atoms with E-state index >= 15 is 0 Å². The Labute approximate surface area is 179 Å². The van der Waals surface area contributed by atoms with Gasteiger partial charge in [-0.25, -0.2) is 4.98 Å². The molecule has 2 aromatic rings. The lowest BCUT2D eigenvalue weighted by Gasteiger charge is -2.22. The number of anilines is 2. The van der Waals surface area contributed by atoms with Crippen molar-refractivity contribution >= 4 is 29.1 Å². The summed E-state index contributed by atoms with van der Waals surface area (Å²) in [5, 5.41) is 15.3. The first kappa shape index (κ1) is 23.1. The van der Waals surface area contributed by atoms with Crippen LogP contribution in [0.3, 0.4) is 0 Å². The third-order valence-electron chi connectivity index (χ3n) is 5.25. The zero-order chi connectivity index (χ0) is 22.3. The second-order valence-electron chi connectivity index (χ2n) is 7.42. The molecule has 0 radical (unpaired) electrons. The lowest BCUT2D eigenvalue weighted by Crippen LogP contribution is -2.24. The molecule has 0 bridgehead atoms. The first-order chi connectivity index (χ1) is 14.3. The second kappa shape index (κ2) is 10.5. The van der Waals surface area contributed by atoms with E-state index in [4.69, 9.17) is 4.98 Å². The Morgan fingerprint density at radius 1 is 1.27 bits per heavy atom. The summed E-state index contributed by atoms with van der Waals surface area (Å²) in [6.45, 7) is 18.6. The predicted octanol–water partition coefficient (Wildman–Crippen LogP) is 5.03. The van der Waals surface area contributed by atoms with E-state index in [2.05, 4.69) is 65.8 Å². The average Bonchev–Trinajstić information content (AvgIpc) is 3.27. The molecule has 2 aromatic heterocycles. The number of aliphatic imine (C=N–C) groups is 1. The van der Waals surface area contributed by atoms with Crippen LogP contribution in [-0.2, 0) is 0 Å². The molecule has 2 atom stereocenters. The normalized spacial score (nSPS) is 14.2. The summed E-state index contributed by atoms with van der Waals surface area (Å²) in [4.78, 5) is 10.6. The Balaban J connectivity index is 2.34. The Morgan fingerprint density at radius 2 is 1.93 bits per heavy atom. The van der Waals surface area contributed by atoms with Crippen molar-refractivity contribution in [2.24, 2.45) is 10.9 Å². The lowest BCUT2D eigenvalue weighted by molar-refractivity contribution is 0.493. The molecular weight excluding hydrogens is 374 g/mol. The quantitative estimate of drug-likeness (QED) is 0.426. The Bertz CT molecular complexity index is 939. The molecule has 160 valence electrons. The van der Waals surface area contributed by atoms with Crippen LogP contribution in [0.4, 0.5) is 11.6 Å². The maximum atomic E-state index is 4.82. The van der Waals surface area contributed by atoms with E-state index in [0.717, 1.165) is 34.8 Å². The van der Waals surface area contributed by atoms with Gasteiger partial charge < -0.3 is 10.6 Å². The van der Waals surface area contributed by atoms with Crippen LogP contribution in [0.1, 0.15) is 45.2 Å². The van der Waals surface area contributed by atoms with Crippen LogP contribution >= 0.6 is 0 Å². The Morgan fingerprint density at radius 3 is 2.50 bits per heavy atom. The van der Waals surface area contributed by atoms with E-state index < -0.39 is 0 Å². The fourth-order valence-corrected chi connectivity index (χ4v) is 2.86. The first-order valence-corrected chi connectivity index (χ1v) is 10.2. The van der Waals surface area contributed by atoms with Crippen LogP contribution in [0.15, 0.2) is 48.4 Å². The molecule has 0 saturated carbocycles. The summed E-state index contributed by atoms with van der Waals surface area (Å²) in [5.41, 5.74) is 4.15. The largest absolute Gasteiger partial charge is 0.367 e. The second-order valence-corrected chi connectivity index (χ2v) is 7.42. The highest BCUT2D eigenvalue weighted by atomic mass is 15.5. The van der Waals surface area contributed by atoms with Crippen molar-refractivity contribution in [2.45, 2.75) is 47.1 Å². The lowest BCUT2D eigenvalue weighted by atomic mass is 10.0. The molecule has 0 aliphatic carbocycles. The van der Waals surface area contributed by atoms with Crippen molar-refractivity contribution in [1.29, 1.82) is 0 Å². The minimum atomic E-state index is 0.313. The number of nitrogens with one attached hydrogen (secondary N) is 2. The van der Waals surface area contributed by atoms with Gasteiger partial charge in [-0.15, -0.1) is 4.80 Å². The SMILES string of the molecule is C=Cc1cc(C)c(NC(C)[C@@H](C)CC)nc1NC(=C)/C=C(\C(C)=N/C)n1nccn1. The van der Waals surface area contributed by atoms with E-state index in [1.807, 2.05) is 19.9 Å². The minimum absolute atomic E-state index is 0.313. The molecule has 0 amide bonds. The highest BCUT2D eigenvalue weighted by Crippen LogP contribution is 2.25. The molecule has 7 heteroatoms. The first-order valence-electron chi connectivity index (χ1n) is 10.2. The third kappa shape index (κ3) is 5.65. The van der Waals surface area contributed by atoms with Crippen LogP contribution in [-0.4, -0.2) is 38.8 Å². The molecule has 0 fully saturated rings. The Kier molecular flexibility index (Phi) is 8.09. The van der Waals surface area contributed by atoms with Crippen LogP contribution < -0.4 is 10.6 Å². The van der Waals surface area contributed by atoms with Gasteiger partial charge in [0.2, 0.25) is 0 Å². The zero-order valence-electron chi connectivity index (χ0n) is 18.9. The number of aryl methyl sites for hydroxylation is 1. The summed E-state index contributed by atoms with van der Waals surface area (Å²) in [5.74, 6) is 2.09. The standard InChI is InChI=1S/C23H33N7/c1-9-15(3)18(6)28-22-16(4)13-20(10-2)23(29-22)27-17(5)14-21(19(7)24-8)30-25-11-12-26-30/h10-15,18H,2,5,9H2,1,3-4,6-8H3,(H2,27,28,29)/b21-14+,24-19-/t15-,18?/m0/s1. The number of pyridine rings is 1. The molecule has 0 spiro atoms. The molecule has 0 aliphatic heterocycles. The van der Waals surface area contributed by atoms with Gasteiger partial charge in [-0.1, -0.05) is 39.5 Å². The maximum Gasteiger partial charge on any atom is 0.140 e. The molecule has 2 N–H and O–H groups in total. The van der Waals surface area contributed by atoms with E-state index in [1.165, 1.54) is 4.80 Å². The highest BCUT2D eigenvalue weighted by Gasteiger charge is 2.14. The molecule has 0 saturated heterocycles. The summed E-state index contributed by atoms with van der Waals surface area (Å²) in [7, 11) is 1.73. The summed E-state index contributed by atoms with van der Waals surface area (Å²) >= 11 is 0. The summed E-state index contributed by atoms with van der Waals surface area (Å²) < 4.78 is 0. The summed E-state index contributed by atoms with van der Waals surface area (Å²) in [6.07, 6.45) is 8.00. The van der Waals surface area contributed by atoms with E-state index in [1.54, 1.807) is 25.5 Å². The molecular formula is C23H33N7. The molecule has 1 unspecified atom stereocenters. The smallest absolute Gasteiger partial charge is 0.140 e. The van der Waals surface area contributed by atoms with Crippen molar-refractivity contribution in [3.8, 4) is 0 Å². The fourth-order valence-electron chi connectivity index (χ4n) is 2.86. The van der Waals surface area contributed by atoms with Crippen molar-refractivity contribution < 1.29 is 0 Å². The van der Waals surface area contributed by atoms with Crippen LogP contribution in [0.5, 0.6) is 0 Å². The van der Waals surface area contributed by atoms with Crippen molar-refractivity contribution in [2.75, 3.05) is 17.7 Å². The van der Waals surface area contributed by atoms with Crippen LogP contribution in [0.2, 0.25) is 0 Å². The topological polar surface area (TPSA) is 80.0 Å². The number of hydrogen-bond acceptors (Lipinski definition) is 6. The minimum Gasteiger partial charge on any atom is -0.367 e. The van der Waals surface area contributed by atoms with Crippen molar-refractivity contribution in [3.05, 3.63) is 54.5 Å². The highest BCUT2D eigenvalue weighted by molar-refractivity contribution is 6.17. The molecule has 0 aromatic carbocycles. The van der Waals surface area contributed by atoms with E-state index in [-0.39, 0.29) is 0 Å². The number of hydrogen-bond donors (Lipinski definition) is 2. The Hall–Kier alpha value is -3.22. The average molecular weight is 408 g/mol. The maximum absolute atomic E-state index is 4.82. The van der Waals surface area contributed by atoms with Gasteiger partial charge in [0.05, 0.1) is 18.1 Å². The number of nitrogens with zero attached hydrogens (tertiary/aromatic N) is 5. The molecule has 7 nitrogen and oxygen atoms in total. The molecule has 2 heterocycles. The van der Waals surface area contributed by atoms with E-state index in [0.29, 0.717) is 23.5 Å². The van der Waals surface area contributed by atoms with Gasteiger partial charge >= 0.3 is 0 Å². The number of rotatable bonds is 10. The van der Waals surface area contributed by atoms with Crippen molar-refractivity contribution in [3.63, 3.8) is 0 Å². The zero-order valence-corrected chi connectivity index (χ0v) is 18.9. The fraction of sp³-hybridized carbons (Fsp3) is 0.391. The van der Waals surface area contributed by atoms with E-state index in [9.17, 15) is 0 Å². The predicted molar refractivity (Wildman–Crippen MR) is 128 cm³/mol. The number of allylic oxidation sites excluding steroid dienone is 2. The van der Waals surface area contributed by atoms with Gasteiger partial charge in [-0.2, -0.15) is 10.2 Å². The van der Waals surface area contributed by atoms with Gasteiger partial charge in [-0.3, -0.25) is 4.99 Å². The summed E-state index contributed by atoms with van der Waals surface area (Å²) in [6, 6.07) is 2.38. The third-order valence-corrected chi connectivity index (χ3v) is 5.25. The molecule has 2 rings (SSSR count). The van der Waals surface area contributed by atoms with Gasteiger partial charge in [-0.05, 0) is 44.4 Å². The monoisotopic (exact) mass is 407 g/mol. The van der Waals surface area contributed by atoms with Crippen LogP contribution in [0.25, 0.3) is 11.8 Å². The van der Waals surface area contributed by atoms with Gasteiger partial charge in [0.1, 0.15) is 17.3 Å². The van der Waals surface area contributed by atoms with Gasteiger partial charge in [0.15, 0.2) is 0 Å².